The minimum Gasteiger partial charge on any atom is -0.496 e. The van der Waals surface area contributed by atoms with E-state index in [1.165, 1.54) is 11.8 Å². The van der Waals surface area contributed by atoms with Crippen LogP contribution in [0.1, 0.15) is 32.4 Å². The average Bonchev–Trinajstić information content (AvgIpc) is 3.15. The van der Waals surface area contributed by atoms with E-state index in [2.05, 4.69) is 15.5 Å². The summed E-state index contributed by atoms with van der Waals surface area (Å²) in [5.41, 5.74) is 1.67. The number of benzene rings is 2. The van der Waals surface area contributed by atoms with E-state index in [1.807, 2.05) is 55.7 Å². The molecule has 0 spiro atoms. The topological polar surface area (TPSA) is 69.0 Å². The molecule has 1 amide bonds. The van der Waals surface area contributed by atoms with E-state index in [0.717, 1.165) is 16.9 Å². The third-order valence-electron chi connectivity index (χ3n) is 4.82. The van der Waals surface area contributed by atoms with Gasteiger partial charge >= 0.3 is 0 Å². The van der Waals surface area contributed by atoms with Gasteiger partial charge in [-0.05, 0) is 50.6 Å². The van der Waals surface area contributed by atoms with Crippen LogP contribution >= 0.6 is 35.0 Å². The van der Waals surface area contributed by atoms with Crippen molar-refractivity contribution < 1.29 is 9.53 Å². The van der Waals surface area contributed by atoms with E-state index in [0.29, 0.717) is 27.6 Å². The summed E-state index contributed by atoms with van der Waals surface area (Å²) in [5.74, 6) is 1.31. The number of nitrogens with one attached hydrogen (secondary N) is 1. The zero-order chi connectivity index (χ0) is 22.5. The molecular formula is C22H24Cl2N4O2S. The molecule has 0 saturated heterocycles. The summed E-state index contributed by atoms with van der Waals surface area (Å²) in [6.45, 7) is 6.40. The van der Waals surface area contributed by atoms with Gasteiger partial charge < -0.3 is 14.6 Å². The highest BCUT2D eigenvalue weighted by molar-refractivity contribution is 8.00. The van der Waals surface area contributed by atoms with Gasteiger partial charge in [0, 0.05) is 16.6 Å². The highest BCUT2D eigenvalue weighted by Crippen LogP contribution is 2.32. The van der Waals surface area contributed by atoms with E-state index in [1.54, 1.807) is 19.2 Å². The van der Waals surface area contributed by atoms with Crippen LogP contribution in [0.3, 0.4) is 0 Å². The fourth-order valence-electron chi connectivity index (χ4n) is 3.16. The Bertz CT molecular complexity index is 1070. The summed E-state index contributed by atoms with van der Waals surface area (Å²) >= 11 is 13.6. The SMILES string of the molecule is CCn1c(SC(C)C(=O)NC(C)c2ccc(Cl)cc2Cl)nnc1-c1ccccc1OC. The zero-order valence-electron chi connectivity index (χ0n) is 17.7. The fourth-order valence-corrected chi connectivity index (χ4v) is 4.66. The van der Waals surface area contributed by atoms with Crippen LogP contribution in [0.2, 0.25) is 10.0 Å². The molecule has 0 fully saturated rings. The third-order valence-corrected chi connectivity index (χ3v) is 6.46. The lowest BCUT2D eigenvalue weighted by molar-refractivity contribution is -0.120. The molecule has 2 atom stereocenters. The Morgan fingerprint density at radius 1 is 1.19 bits per heavy atom. The standard InChI is InChI=1S/C22H24Cl2N4O2S/c1-5-28-20(17-8-6-7-9-19(17)30-4)26-27-22(28)31-14(3)21(29)25-13(2)16-11-10-15(23)12-18(16)24/h6-14H,5H2,1-4H3,(H,25,29). The summed E-state index contributed by atoms with van der Waals surface area (Å²) in [4.78, 5) is 12.8. The van der Waals surface area contributed by atoms with Gasteiger partial charge in [0.2, 0.25) is 5.91 Å². The Kier molecular flexibility index (Phi) is 7.86. The molecule has 0 aliphatic carbocycles. The quantitative estimate of drug-likeness (QED) is 0.424. The van der Waals surface area contributed by atoms with E-state index < -0.39 is 0 Å². The summed E-state index contributed by atoms with van der Waals surface area (Å²) in [5, 5.41) is 13.1. The Morgan fingerprint density at radius 3 is 2.61 bits per heavy atom. The maximum absolute atomic E-state index is 12.8. The molecule has 0 aliphatic heterocycles. The van der Waals surface area contributed by atoms with Gasteiger partial charge in [-0.2, -0.15) is 0 Å². The highest BCUT2D eigenvalue weighted by Gasteiger charge is 2.23. The minimum absolute atomic E-state index is 0.118. The molecule has 2 unspecified atom stereocenters. The van der Waals surface area contributed by atoms with Gasteiger partial charge in [-0.1, -0.05) is 53.2 Å². The van der Waals surface area contributed by atoms with Crippen LogP contribution in [0, 0.1) is 0 Å². The fraction of sp³-hybridized carbons (Fsp3) is 0.318. The number of para-hydroxylation sites is 1. The summed E-state index contributed by atoms with van der Waals surface area (Å²) < 4.78 is 7.44. The smallest absolute Gasteiger partial charge is 0.233 e. The molecule has 1 N–H and O–H groups in total. The molecule has 3 aromatic rings. The first-order valence-corrected chi connectivity index (χ1v) is 11.5. The van der Waals surface area contributed by atoms with Crippen molar-refractivity contribution >= 4 is 40.9 Å². The number of carbonyl (C=O) groups is 1. The molecule has 164 valence electrons. The minimum atomic E-state index is -0.381. The summed E-state index contributed by atoms with van der Waals surface area (Å²) in [7, 11) is 1.63. The van der Waals surface area contributed by atoms with Crippen LogP contribution < -0.4 is 10.1 Å². The van der Waals surface area contributed by atoms with Crippen molar-refractivity contribution in [3.8, 4) is 17.1 Å². The van der Waals surface area contributed by atoms with E-state index in [4.69, 9.17) is 27.9 Å². The first kappa shape index (κ1) is 23.4. The normalized spacial score (nSPS) is 13.0. The van der Waals surface area contributed by atoms with Crippen LogP contribution in [-0.2, 0) is 11.3 Å². The molecule has 1 aromatic heterocycles. The van der Waals surface area contributed by atoms with Crippen molar-refractivity contribution in [3.05, 3.63) is 58.1 Å². The van der Waals surface area contributed by atoms with Gasteiger partial charge in [0.15, 0.2) is 11.0 Å². The predicted octanol–water partition coefficient (Wildman–Crippen LogP) is 5.64. The molecule has 9 heteroatoms. The number of hydrogen-bond acceptors (Lipinski definition) is 5. The van der Waals surface area contributed by atoms with Crippen LogP contribution in [0.15, 0.2) is 47.6 Å². The number of carbonyl (C=O) groups excluding carboxylic acids is 1. The van der Waals surface area contributed by atoms with Gasteiger partial charge in [-0.25, -0.2) is 0 Å². The number of amides is 1. The third kappa shape index (κ3) is 5.34. The lowest BCUT2D eigenvalue weighted by Crippen LogP contribution is -2.33. The maximum atomic E-state index is 12.8. The molecular weight excluding hydrogens is 455 g/mol. The van der Waals surface area contributed by atoms with Crippen LogP contribution in [0.25, 0.3) is 11.4 Å². The molecule has 3 rings (SSSR count). The molecule has 0 bridgehead atoms. The van der Waals surface area contributed by atoms with E-state index in [9.17, 15) is 4.79 Å². The van der Waals surface area contributed by atoms with Crippen molar-refractivity contribution in [1.29, 1.82) is 0 Å². The molecule has 0 saturated carbocycles. The number of rotatable bonds is 8. The molecule has 0 aliphatic rings. The number of halogens is 2. The van der Waals surface area contributed by atoms with Crippen molar-refractivity contribution in [2.45, 2.75) is 43.8 Å². The number of ether oxygens (including phenoxy) is 1. The molecule has 31 heavy (non-hydrogen) atoms. The summed E-state index contributed by atoms with van der Waals surface area (Å²) in [6, 6.07) is 12.7. The Balaban J connectivity index is 1.75. The molecule has 2 aromatic carbocycles. The Labute approximate surface area is 196 Å². The second-order valence-corrected chi connectivity index (χ2v) is 9.06. The first-order valence-electron chi connectivity index (χ1n) is 9.84. The van der Waals surface area contributed by atoms with Crippen molar-refractivity contribution in [1.82, 2.24) is 20.1 Å². The summed E-state index contributed by atoms with van der Waals surface area (Å²) in [6.07, 6.45) is 0. The highest BCUT2D eigenvalue weighted by atomic mass is 35.5. The van der Waals surface area contributed by atoms with E-state index >= 15 is 0 Å². The molecule has 1 heterocycles. The van der Waals surface area contributed by atoms with Crippen LogP contribution in [0.5, 0.6) is 5.75 Å². The van der Waals surface area contributed by atoms with Gasteiger partial charge in [-0.3, -0.25) is 4.79 Å². The second-order valence-electron chi connectivity index (χ2n) is 6.91. The monoisotopic (exact) mass is 478 g/mol. The van der Waals surface area contributed by atoms with Gasteiger partial charge in [-0.15, -0.1) is 10.2 Å². The van der Waals surface area contributed by atoms with Gasteiger partial charge in [0.25, 0.3) is 0 Å². The lowest BCUT2D eigenvalue weighted by atomic mass is 10.1. The Morgan fingerprint density at radius 2 is 1.94 bits per heavy atom. The predicted molar refractivity (Wildman–Crippen MR) is 126 cm³/mol. The number of thioether (sulfide) groups is 1. The average molecular weight is 479 g/mol. The van der Waals surface area contributed by atoms with Gasteiger partial charge in [0.05, 0.1) is 24.0 Å². The second kappa shape index (κ2) is 10.4. The van der Waals surface area contributed by atoms with Gasteiger partial charge in [0.1, 0.15) is 5.75 Å². The molecule has 6 nitrogen and oxygen atoms in total. The first-order chi connectivity index (χ1) is 14.8. The largest absolute Gasteiger partial charge is 0.496 e. The van der Waals surface area contributed by atoms with Crippen molar-refractivity contribution in [2.24, 2.45) is 0 Å². The number of hydrogen-bond donors (Lipinski definition) is 1. The molecule has 0 radical (unpaired) electrons. The maximum Gasteiger partial charge on any atom is 0.233 e. The number of nitrogens with zero attached hydrogens (tertiary/aromatic N) is 3. The number of methoxy groups -OCH3 is 1. The van der Waals surface area contributed by atoms with Crippen molar-refractivity contribution in [2.75, 3.05) is 7.11 Å². The lowest BCUT2D eigenvalue weighted by Gasteiger charge is -2.19. The van der Waals surface area contributed by atoms with E-state index in [-0.39, 0.29) is 17.2 Å². The van der Waals surface area contributed by atoms with Crippen LogP contribution in [-0.4, -0.2) is 33.0 Å². The zero-order valence-corrected chi connectivity index (χ0v) is 20.1. The van der Waals surface area contributed by atoms with Crippen LogP contribution in [0.4, 0.5) is 0 Å². The Hall–Kier alpha value is -2.22. The number of aromatic nitrogens is 3. The van der Waals surface area contributed by atoms with Crippen molar-refractivity contribution in [3.63, 3.8) is 0 Å².